The Balaban J connectivity index is 0.00000144. The Morgan fingerprint density at radius 2 is 2.06 bits per heavy atom. The Kier molecular flexibility index (Phi) is 4.80. The van der Waals surface area contributed by atoms with Gasteiger partial charge < -0.3 is 15.6 Å². The molecule has 17 heavy (non-hydrogen) atoms. The van der Waals surface area contributed by atoms with Gasteiger partial charge in [-0.1, -0.05) is 6.07 Å². The monoisotopic (exact) mass is 257 g/mol. The van der Waals surface area contributed by atoms with Gasteiger partial charge in [-0.2, -0.15) is 0 Å². The number of rotatable bonds is 4. The van der Waals surface area contributed by atoms with Gasteiger partial charge in [0.1, 0.15) is 5.75 Å². The topological polar surface area (TPSA) is 55.5 Å². The first kappa shape index (κ1) is 14.3. The third-order valence-electron chi connectivity index (χ3n) is 3.31. The van der Waals surface area contributed by atoms with Crippen molar-refractivity contribution in [1.82, 2.24) is 0 Å². The second-order valence-electron chi connectivity index (χ2n) is 4.58. The number of hydrogen-bond acceptors (Lipinski definition) is 3. The molecule has 1 aliphatic rings. The summed E-state index contributed by atoms with van der Waals surface area (Å²) in [6.45, 7) is 2.00. The number of aliphatic hydroxyl groups excluding tert-OH is 1. The van der Waals surface area contributed by atoms with E-state index >= 15 is 0 Å². The highest BCUT2D eigenvalue weighted by Gasteiger charge is 2.34. The summed E-state index contributed by atoms with van der Waals surface area (Å²) in [5.41, 5.74) is 8.17. The zero-order valence-electron chi connectivity index (χ0n) is 10.2. The van der Waals surface area contributed by atoms with E-state index in [4.69, 9.17) is 10.5 Å². The molecule has 0 spiro atoms. The Hall–Kier alpha value is -0.770. The average molecular weight is 258 g/mol. The Morgan fingerprint density at radius 1 is 1.41 bits per heavy atom. The maximum Gasteiger partial charge on any atom is 0.119 e. The summed E-state index contributed by atoms with van der Waals surface area (Å²) in [6, 6.07) is 5.51. The largest absolute Gasteiger partial charge is 0.497 e. The van der Waals surface area contributed by atoms with E-state index in [-0.39, 0.29) is 18.4 Å². The van der Waals surface area contributed by atoms with Crippen LogP contribution in [0, 0.1) is 12.8 Å². The highest BCUT2D eigenvalue weighted by atomic mass is 35.5. The smallest absolute Gasteiger partial charge is 0.119 e. The predicted molar refractivity (Wildman–Crippen MR) is 70.6 cm³/mol. The van der Waals surface area contributed by atoms with Crippen LogP contribution in [0.15, 0.2) is 18.2 Å². The van der Waals surface area contributed by atoms with Crippen molar-refractivity contribution >= 4 is 12.4 Å². The van der Waals surface area contributed by atoms with Gasteiger partial charge in [-0.05, 0) is 48.9 Å². The number of aryl methyl sites for hydroxylation is 1. The third kappa shape index (κ3) is 3.12. The van der Waals surface area contributed by atoms with Gasteiger partial charge in [0.15, 0.2) is 0 Å². The van der Waals surface area contributed by atoms with Crippen LogP contribution in [0.5, 0.6) is 5.75 Å². The fourth-order valence-electron chi connectivity index (χ4n) is 2.06. The molecule has 0 aromatic heterocycles. The molecule has 3 N–H and O–H groups in total. The van der Waals surface area contributed by atoms with E-state index in [2.05, 4.69) is 0 Å². The molecule has 0 radical (unpaired) electrons. The zero-order chi connectivity index (χ0) is 11.7. The molecule has 0 unspecified atom stereocenters. The molecule has 1 fully saturated rings. The van der Waals surface area contributed by atoms with E-state index in [1.165, 1.54) is 0 Å². The van der Waals surface area contributed by atoms with Gasteiger partial charge in [0.25, 0.3) is 0 Å². The second kappa shape index (κ2) is 5.71. The number of methoxy groups -OCH3 is 1. The van der Waals surface area contributed by atoms with Gasteiger partial charge in [-0.15, -0.1) is 12.4 Å². The van der Waals surface area contributed by atoms with Gasteiger partial charge in [0, 0.05) is 0 Å². The first-order valence-electron chi connectivity index (χ1n) is 5.71. The van der Waals surface area contributed by atoms with Crippen molar-refractivity contribution in [3.8, 4) is 5.75 Å². The van der Waals surface area contributed by atoms with E-state index in [0.717, 1.165) is 29.7 Å². The first-order chi connectivity index (χ1) is 7.63. The summed E-state index contributed by atoms with van der Waals surface area (Å²) in [5, 5.41) is 10.0. The van der Waals surface area contributed by atoms with Crippen LogP contribution in [-0.4, -0.2) is 18.3 Å². The molecule has 1 saturated carbocycles. The lowest BCUT2D eigenvalue weighted by Crippen LogP contribution is -2.28. The number of hydrogen-bond donors (Lipinski definition) is 2. The minimum absolute atomic E-state index is 0. The maximum absolute atomic E-state index is 10.0. The molecule has 0 amide bonds. The molecule has 0 bridgehead atoms. The van der Waals surface area contributed by atoms with Crippen LogP contribution in [0.4, 0.5) is 0 Å². The van der Waals surface area contributed by atoms with Crippen LogP contribution in [0.2, 0.25) is 0 Å². The van der Waals surface area contributed by atoms with Crippen LogP contribution in [-0.2, 0) is 0 Å². The zero-order valence-corrected chi connectivity index (χ0v) is 11.0. The summed E-state index contributed by atoms with van der Waals surface area (Å²) in [6.07, 6.45) is 1.79. The van der Waals surface area contributed by atoms with Crippen LogP contribution in [0.25, 0.3) is 0 Å². The highest BCUT2D eigenvalue weighted by Crippen LogP contribution is 2.38. The number of benzene rings is 1. The van der Waals surface area contributed by atoms with Crippen LogP contribution in [0.3, 0.4) is 0 Å². The lowest BCUT2D eigenvalue weighted by Gasteiger charge is -2.21. The number of halogens is 1. The molecule has 0 heterocycles. The number of aliphatic hydroxyl groups is 1. The van der Waals surface area contributed by atoms with Crippen molar-refractivity contribution in [2.45, 2.75) is 31.9 Å². The van der Waals surface area contributed by atoms with E-state index < -0.39 is 6.10 Å². The fraction of sp³-hybridized carbons (Fsp3) is 0.538. The first-order valence-corrected chi connectivity index (χ1v) is 5.71. The van der Waals surface area contributed by atoms with Gasteiger partial charge in [-0.25, -0.2) is 0 Å². The average Bonchev–Trinajstić information content (AvgIpc) is 3.10. The van der Waals surface area contributed by atoms with E-state index in [1.54, 1.807) is 7.11 Å². The Morgan fingerprint density at radius 3 is 2.53 bits per heavy atom. The Labute approximate surface area is 108 Å². The quantitative estimate of drug-likeness (QED) is 0.870. The summed E-state index contributed by atoms with van der Waals surface area (Å²) < 4.78 is 5.15. The standard InChI is InChI=1S/C13H19NO2.ClH/c1-8-7-10(16-2)5-6-11(8)12(14)13(15)9-3-4-9;/h5-7,9,12-13,15H,3-4,14H2,1-2H3;1H/t12-,13+;/m1./s1. The molecule has 3 nitrogen and oxygen atoms in total. The highest BCUT2D eigenvalue weighted by molar-refractivity contribution is 5.85. The molecular weight excluding hydrogens is 238 g/mol. The SMILES string of the molecule is COc1ccc([C@@H](N)[C@@H](O)C2CC2)c(C)c1.Cl. The lowest BCUT2D eigenvalue weighted by molar-refractivity contribution is 0.122. The minimum atomic E-state index is -0.410. The normalized spacial score (nSPS) is 18.1. The Bertz CT molecular complexity index is 380. The van der Waals surface area contributed by atoms with E-state index in [9.17, 15) is 5.11 Å². The molecule has 1 aliphatic carbocycles. The van der Waals surface area contributed by atoms with Crippen molar-refractivity contribution in [2.24, 2.45) is 11.7 Å². The third-order valence-corrected chi connectivity index (χ3v) is 3.31. The van der Waals surface area contributed by atoms with Crippen molar-refractivity contribution < 1.29 is 9.84 Å². The fourth-order valence-corrected chi connectivity index (χ4v) is 2.06. The van der Waals surface area contributed by atoms with Crippen molar-refractivity contribution in [1.29, 1.82) is 0 Å². The molecule has 96 valence electrons. The molecule has 0 saturated heterocycles. The van der Waals surface area contributed by atoms with Crippen molar-refractivity contribution in [3.05, 3.63) is 29.3 Å². The van der Waals surface area contributed by atoms with Crippen molar-refractivity contribution in [2.75, 3.05) is 7.11 Å². The molecule has 1 aromatic rings. The molecule has 0 aliphatic heterocycles. The number of ether oxygens (including phenoxy) is 1. The van der Waals surface area contributed by atoms with E-state index in [1.807, 2.05) is 25.1 Å². The summed E-state index contributed by atoms with van der Waals surface area (Å²) in [7, 11) is 1.65. The molecule has 2 rings (SSSR count). The molecule has 1 aromatic carbocycles. The second-order valence-corrected chi connectivity index (χ2v) is 4.58. The van der Waals surface area contributed by atoms with Crippen LogP contribution < -0.4 is 10.5 Å². The van der Waals surface area contributed by atoms with Crippen LogP contribution >= 0.6 is 12.4 Å². The lowest BCUT2D eigenvalue weighted by atomic mass is 9.95. The maximum atomic E-state index is 10.0. The minimum Gasteiger partial charge on any atom is -0.497 e. The predicted octanol–water partition coefficient (Wildman–Crippen LogP) is 2.20. The van der Waals surface area contributed by atoms with Gasteiger partial charge in [0.05, 0.1) is 19.3 Å². The van der Waals surface area contributed by atoms with Gasteiger partial charge >= 0.3 is 0 Å². The van der Waals surface area contributed by atoms with Gasteiger partial charge in [0.2, 0.25) is 0 Å². The summed E-state index contributed by atoms with van der Waals surface area (Å²) in [5.74, 6) is 1.23. The van der Waals surface area contributed by atoms with Crippen LogP contribution in [0.1, 0.15) is 30.0 Å². The van der Waals surface area contributed by atoms with Crippen molar-refractivity contribution in [3.63, 3.8) is 0 Å². The van der Waals surface area contributed by atoms with E-state index in [0.29, 0.717) is 5.92 Å². The molecular formula is C13H20ClNO2. The summed E-state index contributed by atoms with van der Waals surface area (Å²) in [4.78, 5) is 0. The van der Waals surface area contributed by atoms with Gasteiger partial charge in [-0.3, -0.25) is 0 Å². The molecule has 4 heteroatoms. The number of nitrogens with two attached hydrogens (primary N) is 1. The molecule has 2 atom stereocenters. The summed E-state index contributed by atoms with van der Waals surface area (Å²) >= 11 is 0.